The van der Waals surface area contributed by atoms with Crippen LogP contribution in [-0.4, -0.2) is 30.4 Å². The highest BCUT2D eigenvalue weighted by molar-refractivity contribution is 6.30. The molecule has 184 valence electrons. The molecule has 0 aliphatic carbocycles. The Morgan fingerprint density at radius 1 is 1.06 bits per heavy atom. The second-order valence-corrected chi connectivity index (χ2v) is 8.61. The molecule has 0 aliphatic rings. The lowest BCUT2D eigenvalue weighted by Gasteiger charge is -2.13. The fourth-order valence-electron chi connectivity index (χ4n) is 3.70. The Kier molecular flexibility index (Phi) is 6.77. The molecule has 0 fully saturated rings. The molecule has 0 aliphatic heterocycles. The third kappa shape index (κ3) is 4.98. The van der Waals surface area contributed by atoms with Gasteiger partial charge in [0.25, 0.3) is 11.5 Å². The van der Waals surface area contributed by atoms with E-state index >= 15 is 0 Å². The van der Waals surface area contributed by atoms with Gasteiger partial charge < -0.3 is 9.84 Å². The number of imidazole rings is 1. The normalized spacial score (nSPS) is 11.8. The third-order valence-corrected chi connectivity index (χ3v) is 5.81. The van der Waals surface area contributed by atoms with Crippen LogP contribution in [0.1, 0.15) is 24.5 Å². The zero-order valence-electron chi connectivity index (χ0n) is 19.0. The van der Waals surface area contributed by atoms with E-state index in [1.54, 1.807) is 24.3 Å². The Morgan fingerprint density at radius 3 is 2.31 bits per heavy atom. The van der Waals surface area contributed by atoms with E-state index in [4.69, 9.17) is 16.3 Å². The molecule has 0 atom stereocenters. The minimum Gasteiger partial charge on any atom is -0.425 e. The molecule has 0 saturated carbocycles. The van der Waals surface area contributed by atoms with Gasteiger partial charge in [0.1, 0.15) is 5.75 Å². The average molecular weight is 505 g/mol. The van der Waals surface area contributed by atoms with Crippen LogP contribution in [0.4, 0.5) is 8.78 Å². The van der Waals surface area contributed by atoms with Gasteiger partial charge in [-0.15, -0.1) is 0 Å². The summed E-state index contributed by atoms with van der Waals surface area (Å²) in [5, 5.41) is 9.73. The van der Waals surface area contributed by atoms with Crippen LogP contribution in [0, 0.1) is 0 Å². The summed E-state index contributed by atoms with van der Waals surface area (Å²) in [6.07, 6.45) is 0.226. The van der Waals surface area contributed by atoms with Crippen LogP contribution in [0.15, 0.2) is 58.1 Å². The number of fused-ring (bicyclic) bond motifs is 1. The van der Waals surface area contributed by atoms with Crippen LogP contribution >= 0.6 is 11.6 Å². The molecule has 11 heteroatoms. The van der Waals surface area contributed by atoms with Crippen LogP contribution in [0.3, 0.4) is 0 Å². The molecule has 0 spiro atoms. The lowest BCUT2D eigenvalue weighted by Crippen LogP contribution is -2.39. The predicted molar refractivity (Wildman–Crippen MR) is 128 cm³/mol. The molecule has 0 saturated heterocycles. The number of ether oxygens (including phenoxy) is 1. The van der Waals surface area contributed by atoms with E-state index in [0.717, 1.165) is 17.1 Å². The number of alkyl halides is 2. The summed E-state index contributed by atoms with van der Waals surface area (Å²) < 4.78 is 36.9. The molecule has 1 N–H and O–H groups in total. The van der Waals surface area contributed by atoms with E-state index < -0.39 is 17.2 Å². The van der Waals surface area contributed by atoms with Crippen molar-refractivity contribution in [2.75, 3.05) is 6.61 Å². The maximum Gasteiger partial charge on any atom is 0.332 e. The van der Waals surface area contributed by atoms with Gasteiger partial charge in [-0.2, -0.15) is 4.98 Å². The Morgan fingerprint density at radius 2 is 1.71 bits per heavy atom. The van der Waals surface area contributed by atoms with Gasteiger partial charge >= 0.3 is 11.7 Å². The zero-order chi connectivity index (χ0) is 25.3. The summed E-state index contributed by atoms with van der Waals surface area (Å²) in [4.78, 5) is 30.5. The van der Waals surface area contributed by atoms with Crippen LogP contribution < -0.4 is 16.0 Å². The summed E-state index contributed by atoms with van der Waals surface area (Å²) in [7, 11) is 1.49. The first kappa shape index (κ1) is 24.6. The van der Waals surface area contributed by atoms with E-state index in [2.05, 4.69) is 4.98 Å². The van der Waals surface area contributed by atoms with Gasteiger partial charge in [0.05, 0.1) is 6.54 Å². The summed E-state index contributed by atoms with van der Waals surface area (Å²) in [6.45, 7) is 0.823. The van der Waals surface area contributed by atoms with Crippen molar-refractivity contribution in [1.82, 2.24) is 18.7 Å². The highest BCUT2D eigenvalue weighted by Gasteiger charge is 2.25. The molecular weight excluding hydrogens is 482 g/mol. The lowest BCUT2D eigenvalue weighted by atomic mass is 10.1. The van der Waals surface area contributed by atoms with Crippen LogP contribution in [0.25, 0.3) is 11.2 Å². The molecule has 0 bridgehead atoms. The highest BCUT2D eigenvalue weighted by Crippen LogP contribution is 2.30. The van der Waals surface area contributed by atoms with Crippen molar-refractivity contribution in [3.63, 3.8) is 0 Å². The van der Waals surface area contributed by atoms with Crippen molar-refractivity contribution >= 4 is 22.8 Å². The van der Waals surface area contributed by atoms with Crippen LogP contribution in [0.2, 0.25) is 5.02 Å². The molecule has 35 heavy (non-hydrogen) atoms. The molecule has 8 nitrogen and oxygen atoms in total. The molecule has 0 unspecified atom stereocenters. The number of hydrogen-bond donors (Lipinski definition) is 1. The summed E-state index contributed by atoms with van der Waals surface area (Å²) in [5.41, 5.74) is -0.294. The minimum absolute atomic E-state index is 0.0120. The van der Waals surface area contributed by atoms with Gasteiger partial charge in [0, 0.05) is 37.7 Å². The highest BCUT2D eigenvalue weighted by atomic mass is 35.5. The van der Waals surface area contributed by atoms with E-state index in [-0.39, 0.29) is 54.6 Å². The van der Waals surface area contributed by atoms with Crippen molar-refractivity contribution in [3.05, 3.63) is 85.5 Å². The predicted octanol–water partition coefficient (Wildman–Crippen LogP) is 3.88. The third-order valence-electron chi connectivity index (χ3n) is 5.56. The van der Waals surface area contributed by atoms with Crippen molar-refractivity contribution in [3.8, 4) is 11.8 Å². The Labute approximate surface area is 203 Å². The van der Waals surface area contributed by atoms with Crippen molar-refractivity contribution in [2.45, 2.75) is 32.4 Å². The number of hydrogen-bond acceptors (Lipinski definition) is 5. The van der Waals surface area contributed by atoms with Gasteiger partial charge in [-0.3, -0.25) is 18.5 Å². The first-order chi connectivity index (χ1) is 16.6. The standard InChI is InChI=1S/C24H23ClF2N4O4/c1-24(26,27)16-6-10-18(11-7-16)35-22-28-20-19(31(22)14-15-4-8-17(25)9-5-15)21(33)30(12-3-13-32)23(34)29(20)2/h4-11,32H,3,12-14H2,1-2H3. The quantitative estimate of drug-likeness (QED) is 0.393. The molecule has 4 rings (SSSR count). The number of aliphatic hydroxyl groups is 1. The second kappa shape index (κ2) is 9.63. The first-order valence-electron chi connectivity index (χ1n) is 10.8. The monoisotopic (exact) mass is 504 g/mol. The molecular formula is C24H23ClF2N4O4. The topological polar surface area (TPSA) is 91.3 Å². The fourth-order valence-corrected chi connectivity index (χ4v) is 3.82. The fraction of sp³-hybridized carbons (Fsp3) is 0.292. The summed E-state index contributed by atoms with van der Waals surface area (Å²) in [6, 6.07) is 12.3. The van der Waals surface area contributed by atoms with Crippen molar-refractivity contribution < 1.29 is 18.6 Å². The van der Waals surface area contributed by atoms with Crippen molar-refractivity contribution in [2.24, 2.45) is 7.05 Å². The number of nitrogens with zero attached hydrogens (tertiary/aromatic N) is 4. The number of halogens is 3. The van der Waals surface area contributed by atoms with Gasteiger partial charge in [-0.1, -0.05) is 23.7 Å². The maximum absolute atomic E-state index is 13.6. The molecule has 2 heterocycles. The lowest BCUT2D eigenvalue weighted by molar-refractivity contribution is 0.0174. The van der Waals surface area contributed by atoms with Gasteiger partial charge in [0.2, 0.25) is 0 Å². The summed E-state index contributed by atoms with van der Waals surface area (Å²) >= 11 is 6.00. The Hall–Kier alpha value is -3.50. The number of aromatic nitrogens is 4. The smallest absolute Gasteiger partial charge is 0.332 e. The van der Waals surface area contributed by atoms with Gasteiger partial charge in [-0.25, -0.2) is 13.6 Å². The number of aryl methyl sites for hydroxylation is 1. The molecule has 2 aromatic carbocycles. The van der Waals surface area contributed by atoms with Gasteiger partial charge in [-0.05, 0) is 48.4 Å². The average Bonchev–Trinajstić information content (AvgIpc) is 3.17. The van der Waals surface area contributed by atoms with Gasteiger partial charge in [0.15, 0.2) is 11.2 Å². The second-order valence-electron chi connectivity index (χ2n) is 8.17. The number of rotatable bonds is 8. The maximum atomic E-state index is 13.6. The zero-order valence-corrected chi connectivity index (χ0v) is 19.8. The number of benzene rings is 2. The van der Waals surface area contributed by atoms with E-state index in [0.29, 0.717) is 5.02 Å². The molecule has 0 radical (unpaired) electrons. The Balaban J connectivity index is 1.87. The van der Waals surface area contributed by atoms with Crippen LogP contribution in [0.5, 0.6) is 11.8 Å². The van der Waals surface area contributed by atoms with E-state index in [1.165, 1.54) is 40.4 Å². The largest absolute Gasteiger partial charge is 0.425 e. The molecule has 2 aromatic heterocycles. The Bertz CT molecular complexity index is 1470. The first-order valence-corrected chi connectivity index (χ1v) is 11.2. The summed E-state index contributed by atoms with van der Waals surface area (Å²) in [5.74, 6) is -2.77. The SMILES string of the molecule is Cn1c(=O)n(CCCO)c(=O)c2c1nc(Oc1ccc(C(C)(F)F)cc1)n2Cc1ccc(Cl)cc1. The van der Waals surface area contributed by atoms with Crippen LogP contribution in [-0.2, 0) is 26.1 Å². The molecule has 0 amide bonds. The minimum atomic E-state index is -3.00. The van der Waals surface area contributed by atoms with Crippen molar-refractivity contribution in [1.29, 1.82) is 0 Å². The number of aliphatic hydroxyl groups excluding tert-OH is 1. The van der Waals surface area contributed by atoms with E-state index in [1.807, 2.05) is 0 Å². The molecule has 4 aromatic rings. The van der Waals surface area contributed by atoms with E-state index in [9.17, 15) is 23.5 Å².